The van der Waals surface area contributed by atoms with Crippen LogP contribution < -0.4 is 5.73 Å². The maximum absolute atomic E-state index is 11.3. The summed E-state index contributed by atoms with van der Waals surface area (Å²) in [6.07, 6.45) is 0.126. The third-order valence-electron chi connectivity index (χ3n) is 2.63. The van der Waals surface area contributed by atoms with Gasteiger partial charge in [-0.2, -0.15) is 15.4 Å². The van der Waals surface area contributed by atoms with Gasteiger partial charge in [0.05, 0.1) is 12.7 Å². The Morgan fingerprint density at radius 1 is 1.37 bits per heavy atom. The summed E-state index contributed by atoms with van der Waals surface area (Å²) in [6.45, 7) is 4.38. The first-order valence-corrected chi connectivity index (χ1v) is 6.00. The van der Waals surface area contributed by atoms with Gasteiger partial charge in [0.2, 0.25) is 0 Å². The smallest absolute Gasteiger partial charge is 0.271 e. The molecule has 0 atom stereocenters. The van der Waals surface area contributed by atoms with Crippen molar-refractivity contribution in [2.24, 2.45) is 5.73 Å². The first-order chi connectivity index (χ1) is 9.09. The van der Waals surface area contributed by atoms with Crippen molar-refractivity contribution in [1.82, 2.24) is 15.4 Å². The molecule has 0 saturated carbocycles. The van der Waals surface area contributed by atoms with E-state index >= 15 is 0 Å². The van der Waals surface area contributed by atoms with E-state index in [-0.39, 0.29) is 11.8 Å². The zero-order chi connectivity index (χ0) is 13.8. The number of H-pyrrole nitrogens is 1. The van der Waals surface area contributed by atoms with Crippen molar-refractivity contribution in [3.05, 3.63) is 35.5 Å². The van der Waals surface area contributed by atoms with E-state index < -0.39 is 5.91 Å². The van der Waals surface area contributed by atoms with E-state index in [1.807, 2.05) is 38.1 Å². The molecule has 0 aliphatic heterocycles. The van der Waals surface area contributed by atoms with Crippen molar-refractivity contribution in [2.45, 2.75) is 26.6 Å². The molecule has 19 heavy (non-hydrogen) atoms. The monoisotopic (exact) mass is 260 g/mol. The van der Waals surface area contributed by atoms with Crippen molar-refractivity contribution >= 4 is 5.91 Å². The van der Waals surface area contributed by atoms with Crippen molar-refractivity contribution in [3.8, 4) is 11.3 Å². The van der Waals surface area contributed by atoms with Gasteiger partial charge in [-0.1, -0.05) is 24.3 Å². The zero-order valence-electron chi connectivity index (χ0n) is 10.9. The van der Waals surface area contributed by atoms with Gasteiger partial charge in [-0.25, -0.2) is 0 Å². The molecule has 0 bridgehead atoms. The number of nitrogens with one attached hydrogen (secondary N) is 1. The largest absolute Gasteiger partial charge is 0.374 e. The highest BCUT2D eigenvalue weighted by molar-refractivity contribution is 5.96. The third kappa shape index (κ3) is 2.97. The number of carbonyl (C=O) groups is 1. The number of nitrogens with two attached hydrogens (primary N) is 1. The van der Waals surface area contributed by atoms with E-state index in [0.29, 0.717) is 12.3 Å². The van der Waals surface area contributed by atoms with Crippen molar-refractivity contribution in [1.29, 1.82) is 0 Å². The van der Waals surface area contributed by atoms with Gasteiger partial charge in [-0.3, -0.25) is 4.79 Å². The lowest BCUT2D eigenvalue weighted by Crippen LogP contribution is -2.13. The molecule has 0 unspecified atom stereocenters. The Morgan fingerprint density at radius 2 is 2.11 bits per heavy atom. The average molecular weight is 260 g/mol. The van der Waals surface area contributed by atoms with Crippen molar-refractivity contribution < 1.29 is 9.53 Å². The molecular formula is C13H16N4O2. The molecule has 6 nitrogen and oxygen atoms in total. The molecule has 1 heterocycles. The summed E-state index contributed by atoms with van der Waals surface area (Å²) < 4.78 is 5.59. The van der Waals surface area contributed by atoms with Gasteiger partial charge in [-0.15, -0.1) is 0 Å². The zero-order valence-corrected chi connectivity index (χ0v) is 10.9. The molecular weight excluding hydrogens is 244 g/mol. The van der Waals surface area contributed by atoms with Crippen LogP contribution in [0, 0.1) is 0 Å². The van der Waals surface area contributed by atoms with Crippen LogP contribution in [0.5, 0.6) is 0 Å². The van der Waals surface area contributed by atoms with Crippen LogP contribution in [0.2, 0.25) is 0 Å². The quantitative estimate of drug-likeness (QED) is 0.851. The normalized spacial score (nSPS) is 10.9. The van der Waals surface area contributed by atoms with Crippen LogP contribution in [0.4, 0.5) is 0 Å². The lowest BCUT2D eigenvalue weighted by atomic mass is 10.0. The molecule has 1 aromatic heterocycles. The van der Waals surface area contributed by atoms with Crippen LogP contribution in [-0.4, -0.2) is 27.4 Å². The van der Waals surface area contributed by atoms with Gasteiger partial charge >= 0.3 is 0 Å². The van der Waals surface area contributed by atoms with E-state index in [1.54, 1.807) is 0 Å². The second kappa shape index (κ2) is 5.62. The summed E-state index contributed by atoms with van der Waals surface area (Å²) in [5.74, 6) is -0.608. The molecule has 2 aromatic rings. The van der Waals surface area contributed by atoms with E-state index in [4.69, 9.17) is 10.5 Å². The molecule has 0 saturated heterocycles. The number of nitrogens with zero attached hydrogens (tertiary/aromatic N) is 2. The number of carbonyl (C=O) groups excluding carboxylic acids is 1. The van der Waals surface area contributed by atoms with Crippen LogP contribution in [0.25, 0.3) is 11.3 Å². The number of amides is 1. The van der Waals surface area contributed by atoms with E-state index in [9.17, 15) is 4.79 Å². The summed E-state index contributed by atoms with van der Waals surface area (Å²) in [5.41, 5.74) is 7.60. The van der Waals surface area contributed by atoms with Crippen LogP contribution in [0.1, 0.15) is 29.9 Å². The second-order valence-electron chi connectivity index (χ2n) is 4.40. The van der Waals surface area contributed by atoms with E-state index in [1.165, 1.54) is 0 Å². The fourth-order valence-corrected chi connectivity index (χ4v) is 1.72. The summed E-state index contributed by atoms with van der Waals surface area (Å²) >= 11 is 0. The fourth-order valence-electron chi connectivity index (χ4n) is 1.72. The molecule has 0 aliphatic carbocycles. The van der Waals surface area contributed by atoms with Crippen molar-refractivity contribution in [2.75, 3.05) is 0 Å². The van der Waals surface area contributed by atoms with Crippen LogP contribution >= 0.6 is 0 Å². The van der Waals surface area contributed by atoms with Gasteiger partial charge in [-0.05, 0) is 19.4 Å². The Balaban J connectivity index is 2.38. The van der Waals surface area contributed by atoms with Gasteiger partial charge in [0.1, 0.15) is 5.69 Å². The molecule has 1 aromatic carbocycles. The third-order valence-corrected chi connectivity index (χ3v) is 2.63. The highest BCUT2D eigenvalue weighted by Crippen LogP contribution is 2.24. The first kappa shape index (κ1) is 13.2. The Hall–Kier alpha value is -2.21. The Bertz CT molecular complexity index is 578. The topological polar surface area (TPSA) is 93.9 Å². The lowest BCUT2D eigenvalue weighted by molar-refractivity contribution is 0.0659. The average Bonchev–Trinajstić information content (AvgIpc) is 2.85. The Morgan fingerprint density at radius 3 is 2.79 bits per heavy atom. The predicted molar refractivity (Wildman–Crippen MR) is 70.3 cm³/mol. The van der Waals surface area contributed by atoms with Crippen LogP contribution in [0.3, 0.4) is 0 Å². The highest BCUT2D eigenvalue weighted by Gasteiger charge is 2.17. The molecule has 0 radical (unpaired) electrons. The molecule has 0 aliphatic rings. The maximum Gasteiger partial charge on any atom is 0.271 e. The molecule has 0 fully saturated rings. The minimum Gasteiger partial charge on any atom is -0.374 e. The summed E-state index contributed by atoms with van der Waals surface area (Å²) in [5, 5.41) is 10.2. The number of hydrogen-bond acceptors (Lipinski definition) is 4. The van der Waals surface area contributed by atoms with Crippen molar-refractivity contribution in [3.63, 3.8) is 0 Å². The van der Waals surface area contributed by atoms with Gasteiger partial charge in [0.15, 0.2) is 5.69 Å². The molecule has 3 N–H and O–H groups in total. The maximum atomic E-state index is 11.3. The summed E-state index contributed by atoms with van der Waals surface area (Å²) in [6, 6.07) is 7.57. The highest BCUT2D eigenvalue weighted by atomic mass is 16.5. The van der Waals surface area contributed by atoms with E-state index in [0.717, 1.165) is 11.1 Å². The standard InChI is InChI=1S/C13H16N4O2/c1-8(2)19-7-9-5-3-4-6-10(9)11-12(13(14)18)16-17-15-11/h3-6,8H,7H2,1-2H3,(H2,14,18)(H,15,16,17). The van der Waals surface area contributed by atoms with Gasteiger partial charge in [0, 0.05) is 5.56 Å². The summed E-state index contributed by atoms with van der Waals surface area (Å²) in [7, 11) is 0. The fraction of sp³-hybridized carbons (Fsp3) is 0.308. The number of rotatable bonds is 5. The minimum absolute atomic E-state index is 0.126. The number of benzene rings is 1. The SMILES string of the molecule is CC(C)OCc1ccccc1-c1n[nH]nc1C(N)=O. The number of aromatic amines is 1. The number of primary amides is 1. The Labute approximate surface area is 111 Å². The number of ether oxygens (including phenoxy) is 1. The number of hydrogen-bond donors (Lipinski definition) is 2. The van der Waals surface area contributed by atoms with E-state index in [2.05, 4.69) is 15.4 Å². The lowest BCUT2D eigenvalue weighted by Gasteiger charge is -2.11. The van der Waals surface area contributed by atoms with Gasteiger partial charge < -0.3 is 10.5 Å². The molecule has 1 amide bonds. The predicted octanol–water partition coefficient (Wildman–Crippen LogP) is 1.50. The van der Waals surface area contributed by atoms with Crippen LogP contribution in [0.15, 0.2) is 24.3 Å². The molecule has 100 valence electrons. The molecule has 2 rings (SSSR count). The summed E-state index contributed by atoms with van der Waals surface area (Å²) in [4.78, 5) is 11.3. The Kier molecular flexibility index (Phi) is 3.91. The molecule has 6 heteroatoms. The second-order valence-corrected chi connectivity index (χ2v) is 4.40. The molecule has 0 spiro atoms. The number of aromatic nitrogens is 3. The first-order valence-electron chi connectivity index (χ1n) is 6.00. The van der Waals surface area contributed by atoms with Gasteiger partial charge in [0.25, 0.3) is 5.91 Å². The minimum atomic E-state index is -0.608. The van der Waals surface area contributed by atoms with Crippen LogP contribution in [-0.2, 0) is 11.3 Å².